The quantitative estimate of drug-likeness (QED) is 0.885. The second-order valence-electron chi connectivity index (χ2n) is 4.92. The highest BCUT2D eigenvalue weighted by Crippen LogP contribution is 2.29. The lowest BCUT2D eigenvalue weighted by atomic mass is 10.0. The molecule has 1 saturated heterocycles. The van der Waals surface area contributed by atoms with Crippen LogP contribution in [0.2, 0.25) is 0 Å². The Morgan fingerprint density at radius 2 is 2.33 bits per heavy atom. The maximum absolute atomic E-state index is 12.4. The lowest BCUT2D eigenvalue weighted by Crippen LogP contribution is -2.45. The smallest absolute Gasteiger partial charge is 0.258 e. The molecule has 1 aromatic carbocycles. The van der Waals surface area contributed by atoms with Crippen LogP contribution in [0.15, 0.2) is 24.3 Å². The van der Waals surface area contributed by atoms with E-state index in [9.17, 15) is 4.79 Å². The number of benzene rings is 1. The molecule has 0 saturated carbocycles. The summed E-state index contributed by atoms with van der Waals surface area (Å²) < 4.78 is 5.59. The Morgan fingerprint density at radius 3 is 2.94 bits per heavy atom. The molecule has 4 heteroatoms. The predicted octanol–water partition coefficient (Wildman–Crippen LogP) is 1.68. The number of hydrogen-bond acceptors (Lipinski definition) is 3. The van der Waals surface area contributed by atoms with E-state index in [-0.39, 0.29) is 5.91 Å². The number of nitrogens with two attached hydrogens (primary N) is 1. The molecule has 2 rings (SSSR count). The molecule has 1 fully saturated rings. The minimum Gasteiger partial charge on any atom is -0.365 e. The predicted molar refractivity (Wildman–Crippen MR) is 71.3 cm³/mol. The van der Waals surface area contributed by atoms with Gasteiger partial charge in [0.15, 0.2) is 0 Å². The molecular weight excluding hydrogens is 228 g/mol. The molecule has 0 radical (unpaired) electrons. The van der Waals surface area contributed by atoms with Crippen LogP contribution in [0.3, 0.4) is 0 Å². The third-order valence-corrected chi connectivity index (χ3v) is 3.51. The Hall–Kier alpha value is -1.39. The van der Waals surface area contributed by atoms with Crippen molar-refractivity contribution in [2.75, 3.05) is 18.6 Å². The van der Waals surface area contributed by atoms with Crippen LogP contribution in [0.25, 0.3) is 0 Å². The molecule has 98 valence electrons. The molecule has 0 spiro atoms. The molecule has 18 heavy (non-hydrogen) atoms. The Balaban J connectivity index is 2.19. The topological polar surface area (TPSA) is 55.6 Å². The van der Waals surface area contributed by atoms with E-state index in [4.69, 9.17) is 10.5 Å². The third kappa shape index (κ3) is 2.40. The first-order chi connectivity index (χ1) is 8.57. The summed E-state index contributed by atoms with van der Waals surface area (Å²) in [5.74, 6) is 0.00849. The fourth-order valence-corrected chi connectivity index (χ4v) is 2.31. The SMILES string of the molecule is CN(C(=O)C1(C)CCCO1)c1cccc(CN)c1. The summed E-state index contributed by atoms with van der Waals surface area (Å²) in [4.78, 5) is 14.1. The van der Waals surface area contributed by atoms with Gasteiger partial charge in [-0.1, -0.05) is 12.1 Å². The molecule has 1 aromatic rings. The molecule has 4 nitrogen and oxygen atoms in total. The highest BCUT2D eigenvalue weighted by molar-refractivity contribution is 5.99. The van der Waals surface area contributed by atoms with Crippen LogP contribution in [-0.2, 0) is 16.1 Å². The number of amides is 1. The zero-order valence-corrected chi connectivity index (χ0v) is 11.0. The summed E-state index contributed by atoms with van der Waals surface area (Å²) in [7, 11) is 1.78. The second kappa shape index (κ2) is 5.08. The summed E-state index contributed by atoms with van der Waals surface area (Å²) in [5.41, 5.74) is 6.82. The van der Waals surface area contributed by atoms with Gasteiger partial charge in [-0.2, -0.15) is 0 Å². The fraction of sp³-hybridized carbons (Fsp3) is 0.500. The van der Waals surface area contributed by atoms with Crippen molar-refractivity contribution in [3.63, 3.8) is 0 Å². The van der Waals surface area contributed by atoms with Gasteiger partial charge < -0.3 is 15.4 Å². The van der Waals surface area contributed by atoms with Gasteiger partial charge in [-0.15, -0.1) is 0 Å². The summed E-state index contributed by atoms with van der Waals surface area (Å²) in [6, 6.07) is 7.72. The van der Waals surface area contributed by atoms with Crippen molar-refractivity contribution >= 4 is 11.6 Å². The van der Waals surface area contributed by atoms with E-state index in [0.29, 0.717) is 13.2 Å². The van der Waals surface area contributed by atoms with Crippen molar-refractivity contribution in [1.29, 1.82) is 0 Å². The minimum atomic E-state index is -0.673. The maximum atomic E-state index is 12.4. The third-order valence-electron chi connectivity index (χ3n) is 3.51. The molecule has 0 bridgehead atoms. The van der Waals surface area contributed by atoms with E-state index >= 15 is 0 Å². The monoisotopic (exact) mass is 248 g/mol. The second-order valence-corrected chi connectivity index (χ2v) is 4.92. The molecule has 1 aliphatic rings. The van der Waals surface area contributed by atoms with Gasteiger partial charge in [0.25, 0.3) is 5.91 Å². The van der Waals surface area contributed by atoms with E-state index in [1.807, 2.05) is 31.2 Å². The minimum absolute atomic E-state index is 0.00849. The Labute approximate surface area is 108 Å². The summed E-state index contributed by atoms with van der Waals surface area (Å²) in [5, 5.41) is 0. The molecule has 1 unspecified atom stereocenters. The fourth-order valence-electron chi connectivity index (χ4n) is 2.31. The van der Waals surface area contributed by atoms with E-state index < -0.39 is 5.60 Å². The van der Waals surface area contributed by atoms with Crippen LogP contribution < -0.4 is 10.6 Å². The van der Waals surface area contributed by atoms with Crippen molar-refractivity contribution in [3.8, 4) is 0 Å². The molecule has 1 atom stereocenters. The highest BCUT2D eigenvalue weighted by atomic mass is 16.5. The van der Waals surface area contributed by atoms with Crippen LogP contribution in [0.4, 0.5) is 5.69 Å². The highest BCUT2D eigenvalue weighted by Gasteiger charge is 2.39. The van der Waals surface area contributed by atoms with Gasteiger partial charge in [0.1, 0.15) is 5.60 Å². The van der Waals surface area contributed by atoms with E-state index in [2.05, 4.69) is 0 Å². The molecule has 1 aliphatic heterocycles. The number of likely N-dealkylation sites (N-methyl/N-ethyl adjacent to an activating group) is 1. The average molecular weight is 248 g/mol. The van der Waals surface area contributed by atoms with Gasteiger partial charge in [-0.25, -0.2) is 0 Å². The Morgan fingerprint density at radius 1 is 1.56 bits per heavy atom. The number of rotatable bonds is 3. The average Bonchev–Trinajstić information content (AvgIpc) is 2.85. The van der Waals surface area contributed by atoms with Gasteiger partial charge in [-0.05, 0) is 37.5 Å². The van der Waals surface area contributed by atoms with Crippen LogP contribution in [0, 0.1) is 0 Å². The number of hydrogen-bond donors (Lipinski definition) is 1. The largest absolute Gasteiger partial charge is 0.365 e. The molecule has 1 heterocycles. The van der Waals surface area contributed by atoms with Crippen molar-refractivity contribution in [2.24, 2.45) is 5.73 Å². The van der Waals surface area contributed by atoms with Crippen LogP contribution in [-0.4, -0.2) is 25.2 Å². The number of nitrogens with zero attached hydrogens (tertiary/aromatic N) is 1. The first-order valence-electron chi connectivity index (χ1n) is 6.28. The lowest BCUT2D eigenvalue weighted by Gasteiger charge is -2.28. The molecule has 1 amide bonds. The number of carbonyl (C=O) groups excluding carboxylic acids is 1. The summed E-state index contributed by atoms with van der Waals surface area (Å²) in [6.07, 6.45) is 1.73. The van der Waals surface area contributed by atoms with Crippen LogP contribution in [0.1, 0.15) is 25.3 Å². The Kier molecular flexibility index (Phi) is 3.68. The van der Waals surface area contributed by atoms with Crippen LogP contribution >= 0.6 is 0 Å². The number of carbonyl (C=O) groups is 1. The normalized spacial score (nSPS) is 23.1. The van der Waals surface area contributed by atoms with Crippen molar-refractivity contribution in [1.82, 2.24) is 0 Å². The molecule has 0 aliphatic carbocycles. The van der Waals surface area contributed by atoms with Gasteiger partial charge in [0, 0.05) is 25.9 Å². The zero-order valence-electron chi connectivity index (χ0n) is 11.0. The summed E-state index contributed by atoms with van der Waals surface area (Å²) in [6.45, 7) is 3.01. The van der Waals surface area contributed by atoms with Gasteiger partial charge in [-0.3, -0.25) is 4.79 Å². The summed E-state index contributed by atoms with van der Waals surface area (Å²) >= 11 is 0. The van der Waals surface area contributed by atoms with Gasteiger partial charge in [0.05, 0.1) is 0 Å². The van der Waals surface area contributed by atoms with Crippen LogP contribution in [0.5, 0.6) is 0 Å². The van der Waals surface area contributed by atoms with Crippen molar-refractivity contribution in [2.45, 2.75) is 31.9 Å². The molecular formula is C14H20N2O2. The van der Waals surface area contributed by atoms with Crippen molar-refractivity contribution < 1.29 is 9.53 Å². The number of anilines is 1. The first kappa shape index (κ1) is 13.1. The molecule has 0 aromatic heterocycles. The van der Waals surface area contributed by atoms with E-state index in [1.165, 1.54) is 0 Å². The van der Waals surface area contributed by atoms with Gasteiger partial charge >= 0.3 is 0 Å². The first-order valence-corrected chi connectivity index (χ1v) is 6.28. The zero-order chi connectivity index (χ0) is 13.2. The standard InChI is InChI=1S/C14H20N2O2/c1-14(7-4-8-18-14)13(17)16(2)12-6-3-5-11(9-12)10-15/h3,5-6,9H,4,7-8,10,15H2,1-2H3. The van der Waals surface area contributed by atoms with Crippen molar-refractivity contribution in [3.05, 3.63) is 29.8 Å². The number of ether oxygens (including phenoxy) is 1. The Bertz CT molecular complexity index is 439. The van der Waals surface area contributed by atoms with Gasteiger partial charge in [0.2, 0.25) is 0 Å². The maximum Gasteiger partial charge on any atom is 0.258 e. The molecule has 2 N–H and O–H groups in total. The van der Waals surface area contributed by atoms with E-state index in [1.54, 1.807) is 11.9 Å². The van der Waals surface area contributed by atoms with E-state index in [0.717, 1.165) is 24.1 Å². The lowest BCUT2D eigenvalue weighted by molar-refractivity contribution is -0.136.